The van der Waals surface area contributed by atoms with Gasteiger partial charge in [0, 0.05) is 35.3 Å². The van der Waals surface area contributed by atoms with Crippen LogP contribution in [0.25, 0.3) is 10.1 Å². The Morgan fingerprint density at radius 1 is 1.15 bits per heavy atom. The van der Waals surface area contributed by atoms with E-state index in [2.05, 4.69) is 4.90 Å². The Balaban J connectivity index is 1.46. The lowest BCUT2D eigenvalue weighted by molar-refractivity contribution is 0.0671. The molecule has 0 N–H and O–H groups in total. The average Bonchev–Trinajstić information content (AvgIpc) is 3.50. The highest BCUT2D eigenvalue weighted by Crippen LogP contribution is 2.40. The summed E-state index contributed by atoms with van der Waals surface area (Å²) in [6.07, 6.45) is 3.89. The zero-order chi connectivity index (χ0) is 23.2. The third-order valence-electron chi connectivity index (χ3n) is 6.35. The van der Waals surface area contributed by atoms with Crippen molar-refractivity contribution >= 4 is 66.3 Å². The lowest BCUT2D eigenvalue weighted by atomic mass is 10.1. The molecule has 1 aromatic carbocycles. The quantitative estimate of drug-likeness (QED) is 0.431. The fourth-order valence-electron chi connectivity index (χ4n) is 4.63. The molecule has 0 saturated carbocycles. The molecule has 1 amide bonds. The van der Waals surface area contributed by atoms with Crippen molar-refractivity contribution < 1.29 is 17.6 Å². The molecule has 176 valence electrons. The van der Waals surface area contributed by atoms with Gasteiger partial charge in [0.05, 0.1) is 28.1 Å². The van der Waals surface area contributed by atoms with Crippen molar-refractivity contribution in [2.75, 3.05) is 29.5 Å². The zero-order valence-corrected chi connectivity index (χ0v) is 21.1. The zero-order valence-electron chi connectivity index (χ0n) is 17.9. The van der Waals surface area contributed by atoms with E-state index in [4.69, 9.17) is 27.6 Å². The van der Waals surface area contributed by atoms with Gasteiger partial charge in [-0.15, -0.1) is 11.3 Å². The second-order valence-corrected chi connectivity index (χ2v) is 12.7. The molecular weight excluding hydrogens is 503 g/mol. The third kappa shape index (κ3) is 4.63. The van der Waals surface area contributed by atoms with E-state index in [0.29, 0.717) is 32.5 Å². The van der Waals surface area contributed by atoms with Crippen molar-refractivity contribution in [3.63, 3.8) is 0 Å². The van der Waals surface area contributed by atoms with Gasteiger partial charge in [0.1, 0.15) is 10.6 Å². The van der Waals surface area contributed by atoms with Crippen LogP contribution in [0, 0.1) is 0 Å². The number of halogens is 2. The molecule has 3 aromatic rings. The minimum absolute atomic E-state index is 0.0539. The molecule has 5 rings (SSSR count). The average molecular weight is 527 g/mol. The predicted molar refractivity (Wildman–Crippen MR) is 134 cm³/mol. The molecular formula is C23H24Cl2N2O4S2. The molecule has 33 heavy (non-hydrogen) atoms. The first-order chi connectivity index (χ1) is 15.8. The summed E-state index contributed by atoms with van der Waals surface area (Å²) in [5.41, 5.74) is 0. The summed E-state index contributed by atoms with van der Waals surface area (Å²) in [4.78, 5) is 17.9. The third-order valence-corrected chi connectivity index (χ3v) is 10.1. The van der Waals surface area contributed by atoms with Crippen molar-refractivity contribution in [2.45, 2.75) is 38.3 Å². The lowest BCUT2D eigenvalue weighted by Crippen LogP contribution is -2.40. The summed E-state index contributed by atoms with van der Waals surface area (Å²) in [5, 5.41) is 1.45. The first kappa shape index (κ1) is 23.0. The Kier molecular flexibility index (Phi) is 6.37. The number of carbonyl (C=O) groups excluding carboxylic acids is 1. The molecule has 2 aliphatic rings. The molecule has 4 heterocycles. The number of furan rings is 1. The number of anilines is 1. The fourth-order valence-corrected chi connectivity index (χ4v) is 8.27. The normalized spacial score (nSPS) is 20.4. The van der Waals surface area contributed by atoms with E-state index in [9.17, 15) is 13.2 Å². The van der Waals surface area contributed by atoms with Crippen LogP contribution >= 0.6 is 34.5 Å². The van der Waals surface area contributed by atoms with Gasteiger partial charge in [-0.05, 0) is 43.9 Å². The number of sulfone groups is 1. The van der Waals surface area contributed by atoms with E-state index in [0.717, 1.165) is 36.5 Å². The Hall–Kier alpha value is -1.74. The van der Waals surface area contributed by atoms with Crippen LogP contribution < -0.4 is 4.90 Å². The maximum Gasteiger partial charge on any atom is 0.266 e. The molecule has 2 saturated heterocycles. The number of hydrogen-bond acceptors (Lipinski definition) is 6. The highest BCUT2D eigenvalue weighted by molar-refractivity contribution is 7.91. The number of thiophene rings is 1. The minimum Gasteiger partial charge on any atom is -0.444 e. The summed E-state index contributed by atoms with van der Waals surface area (Å²) in [5.74, 6) is 1.15. The molecule has 1 atom stereocenters. The number of rotatable bonds is 5. The van der Waals surface area contributed by atoms with Crippen LogP contribution in [0.15, 0.2) is 34.7 Å². The standard InChI is InChI=1S/C23H24Cl2N2O4S2/c24-17-5-4-6-18-20(17)21(25)22(32-18)23(28)27(15-9-12-33(29,30)14-15)13-16-7-8-19(31-16)26-10-2-1-3-11-26/h4-8,15H,1-3,9-14H2. The van der Waals surface area contributed by atoms with Crippen molar-refractivity contribution in [3.05, 3.63) is 51.0 Å². The van der Waals surface area contributed by atoms with Gasteiger partial charge in [-0.1, -0.05) is 29.3 Å². The predicted octanol–water partition coefficient (Wildman–Crippen LogP) is 5.62. The van der Waals surface area contributed by atoms with E-state index < -0.39 is 15.9 Å². The van der Waals surface area contributed by atoms with E-state index in [-0.39, 0.29) is 24.0 Å². The number of piperidine rings is 1. The van der Waals surface area contributed by atoms with Crippen LogP contribution in [0.4, 0.5) is 5.88 Å². The van der Waals surface area contributed by atoms with Gasteiger partial charge in [0.15, 0.2) is 15.7 Å². The lowest BCUT2D eigenvalue weighted by Gasteiger charge is -2.28. The van der Waals surface area contributed by atoms with E-state index in [1.165, 1.54) is 17.8 Å². The topological polar surface area (TPSA) is 70.8 Å². The van der Waals surface area contributed by atoms with E-state index >= 15 is 0 Å². The van der Waals surface area contributed by atoms with Crippen LogP contribution in [0.5, 0.6) is 0 Å². The van der Waals surface area contributed by atoms with Gasteiger partial charge in [-0.3, -0.25) is 4.79 Å². The number of hydrogen-bond donors (Lipinski definition) is 0. The van der Waals surface area contributed by atoms with Crippen molar-refractivity contribution in [1.82, 2.24) is 4.90 Å². The molecule has 0 bridgehead atoms. The van der Waals surface area contributed by atoms with Crippen LogP contribution in [-0.2, 0) is 16.4 Å². The van der Waals surface area contributed by atoms with Crippen molar-refractivity contribution in [2.24, 2.45) is 0 Å². The Morgan fingerprint density at radius 2 is 1.94 bits per heavy atom. The first-order valence-corrected chi connectivity index (χ1v) is 14.4. The fraction of sp³-hybridized carbons (Fsp3) is 0.435. The van der Waals surface area contributed by atoms with Crippen molar-refractivity contribution in [1.29, 1.82) is 0 Å². The molecule has 0 radical (unpaired) electrons. The smallest absolute Gasteiger partial charge is 0.266 e. The Labute approximate surface area is 207 Å². The van der Waals surface area contributed by atoms with Crippen molar-refractivity contribution in [3.8, 4) is 0 Å². The molecule has 2 fully saturated rings. The van der Waals surface area contributed by atoms with Gasteiger partial charge in [-0.25, -0.2) is 8.42 Å². The Bertz CT molecular complexity index is 1300. The summed E-state index contributed by atoms with van der Waals surface area (Å²) >= 11 is 14.2. The Morgan fingerprint density at radius 3 is 2.64 bits per heavy atom. The number of amides is 1. The summed E-state index contributed by atoms with van der Waals surface area (Å²) in [7, 11) is -3.19. The second-order valence-electron chi connectivity index (χ2n) is 8.64. The molecule has 0 spiro atoms. The molecule has 2 aliphatic heterocycles. The van der Waals surface area contributed by atoms with Crippen LogP contribution in [-0.4, -0.2) is 49.9 Å². The summed E-state index contributed by atoms with van der Waals surface area (Å²) in [6, 6.07) is 8.80. The van der Waals surface area contributed by atoms with Gasteiger partial charge in [0.2, 0.25) is 0 Å². The minimum atomic E-state index is -3.19. The van der Waals surface area contributed by atoms with Crippen LogP contribution in [0.1, 0.15) is 41.1 Å². The molecule has 10 heteroatoms. The SMILES string of the molecule is O=C(c1sc2cccc(Cl)c2c1Cl)N(Cc1ccc(N2CCCCC2)o1)C1CCS(=O)(=O)C1. The van der Waals surface area contributed by atoms with Crippen LogP contribution in [0.2, 0.25) is 10.0 Å². The van der Waals surface area contributed by atoms with Gasteiger partial charge in [-0.2, -0.15) is 0 Å². The largest absolute Gasteiger partial charge is 0.444 e. The molecule has 6 nitrogen and oxygen atoms in total. The number of benzene rings is 1. The molecule has 0 aliphatic carbocycles. The highest BCUT2D eigenvalue weighted by atomic mass is 35.5. The molecule has 1 unspecified atom stereocenters. The van der Waals surface area contributed by atoms with Gasteiger partial charge in [0.25, 0.3) is 5.91 Å². The maximum atomic E-state index is 13.7. The van der Waals surface area contributed by atoms with Gasteiger partial charge >= 0.3 is 0 Å². The van der Waals surface area contributed by atoms with E-state index in [1.807, 2.05) is 24.3 Å². The first-order valence-electron chi connectivity index (χ1n) is 11.0. The monoisotopic (exact) mass is 526 g/mol. The van der Waals surface area contributed by atoms with Gasteiger partial charge < -0.3 is 14.2 Å². The van der Waals surface area contributed by atoms with E-state index in [1.54, 1.807) is 11.0 Å². The summed E-state index contributed by atoms with van der Waals surface area (Å²) < 4.78 is 31.3. The second kappa shape index (κ2) is 9.13. The highest BCUT2D eigenvalue weighted by Gasteiger charge is 2.37. The van der Waals surface area contributed by atoms with Crippen LogP contribution in [0.3, 0.4) is 0 Å². The number of carbonyl (C=O) groups is 1. The number of nitrogens with zero attached hydrogens (tertiary/aromatic N) is 2. The summed E-state index contributed by atoms with van der Waals surface area (Å²) in [6.45, 7) is 2.09. The maximum absolute atomic E-state index is 13.7. The molecule has 2 aromatic heterocycles. The number of fused-ring (bicyclic) bond motifs is 1.